The molecule has 3 aromatic rings. The molecule has 0 aliphatic heterocycles. The Balaban J connectivity index is 1.42. The Hall–Kier alpha value is -2.19. The summed E-state index contributed by atoms with van der Waals surface area (Å²) in [6.45, 7) is 0. The number of carbonyl (C=O) groups is 1. The Morgan fingerprint density at radius 1 is 1.27 bits per heavy atom. The van der Waals surface area contributed by atoms with Gasteiger partial charge in [-0.1, -0.05) is 30.0 Å². The summed E-state index contributed by atoms with van der Waals surface area (Å²) in [6.07, 6.45) is 2.98. The maximum atomic E-state index is 13.6. The molecule has 0 radical (unpaired) electrons. The van der Waals surface area contributed by atoms with E-state index >= 15 is 0 Å². The smallest absolute Gasteiger partial charge is 0.234 e. The SMILES string of the molecule is O=C(CSc1nnc(Cc2cccs2)n1C1CC1)Nc1ccccc1F. The molecule has 2 aromatic heterocycles. The molecule has 26 heavy (non-hydrogen) atoms. The fourth-order valence-corrected chi connectivity index (χ4v) is 4.20. The molecular formula is C18H17FN4OS2. The molecule has 5 nitrogen and oxygen atoms in total. The standard InChI is InChI=1S/C18H17FN4OS2/c19-14-5-1-2-6-15(14)20-17(24)11-26-18-22-21-16(23(18)12-7-8-12)10-13-4-3-9-25-13/h1-6,9,12H,7-8,10-11H2,(H,20,24). The van der Waals surface area contributed by atoms with E-state index in [0.29, 0.717) is 6.04 Å². The first-order valence-electron chi connectivity index (χ1n) is 8.34. The number of halogens is 1. The lowest BCUT2D eigenvalue weighted by Gasteiger charge is -2.09. The number of nitrogens with zero attached hydrogens (tertiary/aromatic N) is 3. The monoisotopic (exact) mass is 388 g/mol. The van der Waals surface area contributed by atoms with E-state index in [4.69, 9.17) is 0 Å². The molecule has 1 aliphatic carbocycles. The quantitative estimate of drug-likeness (QED) is 0.618. The number of aromatic nitrogens is 3. The maximum Gasteiger partial charge on any atom is 0.234 e. The molecule has 134 valence electrons. The Labute approximate surface area is 158 Å². The number of anilines is 1. The summed E-state index contributed by atoms with van der Waals surface area (Å²) in [7, 11) is 0. The predicted molar refractivity (Wildman–Crippen MR) is 101 cm³/mol. The molecule has 0 bridgehead atoms. The number of benzene rings is 1. The van der Waals surface area contributed by atoms with Crippen LogP contribution in [0.3, 0.4) is 0 Å². The summed E-state index contributed by atoms with van der Waals surface area (Å²) in [5.41, 5.74) is 0.195. The van der Waals surface area contributed by atoms with Crippen molar-refractivity contribution in [3.8, 4) is 0 Å². The van der Waals surface area contributed by atoms with Crippen molar-refractivity contribution in [1.29, 1.82) is 0 Å². The van der Waals surface area contributed by atoms with Crippen molar-refractivity contribution in [3.05, 3.63) is 58.3 Å². The summed E-state index contributed by atoms with van der Waals surface area (Å²) in [4.78, 5) is 13.4. The molecule has 1 aliphatic rings. The Bertz CT molecular complexity index is 906. The number of para-hydroxylation sites is 1. The van der Waals surface area contributed by atoms with Crippen molar-refractivity contribution in [2.75, 3.05) is 11.1 Å². The van der Waals surface area contributed by atoms with Gasteiger partial charge in [0.05, 0.1) is 11.4 Å². The zero-order valence-corrected chi connectivity index (χ0v) is 15.5. The molecule has 4 rings (SSSR count). The first kappa shape index (κ1) is 17.2. The van der Waals surface area contributed by atoms with Crippen LogP contribution in [0, 0.1) is 5.82 Å². The highest BCUT2D eigenvalue weighted by Crippen LogP contribution is 2.39. The third kappa shape index (κ3) is 3.96. The van der Waals surface area contributed by atoms with Gasteiger partial charge in [-0.2, -0.15) is 0 Å². The topological polar surface area (TPSA) is 59.8 Å². The average molecular weight is 388 g/mol. The van der Waals surface area contributed by atoms with Crippen molar-refractivity contribution in [3.63, 3.8) is 0 Å². The fraction of sp³-hybridized carbons (Fsp3) is 0.278. The van der Waals surface area contributed by atoms with Crippen LogP contribution < -0.4 is 5.32 Å². The van der Waals surface area contributed by atoms with E-state index in [9.17, 15) is 9.18 Å². The molecule has 0 atom stereocenters. The first-order chi connectivity index (χ1) is 12.7. The van der Waals surface area contributed by atoms with Crippen molar-refractivity contribution in [2.24, 2.45) is 0 Å². The van der Waals surface area contributed by atoms with E-state index in [1.165, 1.54) is 22.7 Å². The van der Waals surface area contributed by atoms with Crippen LogP contribution in [0.5, 0.6) is 0 Å². The Morgan fingerprint density at radius 2 is 2.12 bits per heavy atom. The molecule has 1 aromatic carbocycles. The number of amides is 1. The number of nitrogens with one attached hydrogen (secondary N) is 1. The van der Waals surface area contributed by atoms with Crippen LogP contribution in [0.25, 0.3) is 0 Å². The second-order valence-corrected chi connectivity index (χ2v) is 8.05. The van der Waals surface area contributed by atoms with E-state index in [2.05, 4.69) is 31.5 Å². The van der Waals surface area contributed by atoms with E-state index in [0.717, 1.165) is 30.2 Å². The number of hydrogen-bond acceptors (Lipinski definition) is 5. The van der Waals surface area contributed by atoms with Gasteiger partial charge in [0.1, 0.15) is 11.6 Å². The fourth-order valence-electron chi connectivity index (χ4n) is 2.67. The summed E-state index contributed by atoms with van der Waals surface area (Å²) < 4.78 is 15.8. The highest BCUT2D eigenvalue weighted by molar-refractivity contribution is 7.99. The van der Waals surface area contributed by atoms with E-state index in [1.807, 2.05) is 6.07 Å². The minimum Gasteiger partial charge on any atom is -0.323 e. The van der Waals surface area contributed by atoms with Gasteiger partial charge in [0.2, 0.25) is 5.91 Å². The number of hydrogen-bond donors (Lipinski definition) is 1. The van der Waals surface area contributed by atoms with Crippen LogP contribution in [0.1, 0.15) is 29.6 Å². The molecule has 0 unspecified atom stereocenters. The van der Waals surface area contributed by atoms with Gasteiger partial charge < -0.3 is 9.88 Å². The van der Waals surface area contributed by atoms with Crippen LogP contribution >= 0.6 is 23.1 Å². The van der Waals surface area contributed by atoms with Crippen molar-refractivity contribution in [2.45, 2.75) is 30.5 Å². The van der Waals surface area contributed by atoms with Gasteiger partial charge >= 0.3 is 0 Å². The minimum atomic E-state index is -0.440. The molecule has 1 saturated carbocycles. The summed E-state index contributed by atoms with van der Waals surface area (Å²) in [6, 6.07) is 10.7. The molecule has 0 saturated heterocycles. The summed E-state index contributed by atoms with van der Waals surface area (Å²) in [5.74, 6) is 0.403. The van der Waals surface area contributed by atoms with Gasteiger partial charge in [-0.05, 0) is 36.4 Å². The van der Waals surface area contributed by atoms with Gasteiger partial charge in [0, 0.05) is 17.3 Å². The highest BCUT2D eigenvalue weighted by Gasteiger charge is 2.30. The van der Waals surface area contributed by atoms with Crippen molar-refractivity contribution >= 4 is 34.7 Å². The highest BCUT2D eigenvalue weighted by atomic mass is 32.2. The lowest BCUT2D eigenvalue weighted by molar-refractivity contribution is -0.113. The second kappa shape index (κ2) is 7.59. The van der Waals surface area contributed by atoms with Crippen LogP contribution in [-0.2, 0) is 11.2 Å². The molecular weight excluding hydrogens is 371 g/mol. The van der Waals surface area contributed by atoms with Crippen LogP contribution in [0.4, 0.5) is 10.1 Å². The molecule has 1 amide bonds. The average Bonchev–Trinajstić information content (AvgIpc) is 3.18. The Morgan fingerprint density at radius 3 is 2.85 bits per heavy atom. The van der Waals surface area contributed by atoms with Crippen molar-refractivity contribution < 1.29 is 9.18 Å². The summed E-state index contributed by atoms with van der Waals surface area (Å²) >= 11 is 3.04. The largest absolute Gasteiger partial charge is 0.323 e. The molecule has 2 heterocycles. The van der Waals surface area contributed by atoms with Gasteiger partial charge in [0.15, 0.2) is 5.16 Å². The van der Waals surface area contributed by atoms with Gasteiger partial charge in [-0.25, -0.2) is 4.39 Å². The normalized spacial score (nSPS) is 13.7. The third-order valence-corrected chi connectivity index (χ3v) is 5.86. The lowest BCUT2D eigenvalue weighted by Crippen LogP contribution is -2.15. The second-order valence-electron chi connectivity index (χ2n) is 6.07. The predicted octanol–water partition coefficient (Wildman–Crippen LogP) is 4.14. The van der Waals surface area contributed by atoms with Gasteiger partial charge in [-0.3, -0.25) is 4.79 Å². The van der Waals surface area contributed by atoms with E-state index in [-0.39, 0.29) is 17.3 Å². The third-order valence-electron chi connectivity index (χ3n) is 4.04. The maximum absolute atomic E-state index is 13.6. The van der Waals surface area contributed by atoms with Gasteiger partial charge in [0.25, 0.3) is 0 Å². The Kier molecular flexibility index (Phi) is 5.03. The summed E-state index contributed by atoms with van der Waals surface area (Å²) in [5, 5.41) is 14.0. The number of carbonyl (C=O) groups excluding carboxylic acids is 1. The number of rotatable bonds is 7. The van der Waals surface area contributed by atoms with E-state index in [1.54, 1.807) is 29.5 Å². The molecule has 1 fully saturated rings. The molecule has 1 N–H and O–H groups in total. The van der Waals surface area contributed by atoms with Crippen LogP contribution in [0.15, 0.2) is 46.9 Å². The number of thiophene rings is 1. The zero-order chi connectivity index (χ0) is 17.9. The van der Waals surface area contributed by atoms with Gasteiger partial charge in [-0.15, -0.1) is 21.5 Å². The minimum absolute atomic E-state index is 0.165. The van der Waals surface area contributed by atoms with Crippen LogP contribution in [-0.4, -0.2) is 26.4 Å². The number of thioether (sulfide) groups is 1. The molecule has 8 heteroatoms. The van der Waals surface area contributed by atoms with E-state index < -0.39 is 5.82 Å². The lowest BCUT2D eigenvalue weighted by atomic mass is 10.3. The molecule has 0 spiro atoms. The first-order valence-corrected chi connectivity index (χ1v) is 10.2. The zero-order valence-electron chi connectivity index (χ0n) is 13.9. The van der Waals surface area contributed by atoms with Crippen molar-refractivity contribution in [1.82, 2.24) is 14.8 Å². The van der Waals surface area contributed by atoms with Crippen LogP contribution in [0.2, 0.25) is 0 Å².